The molecule has 6 nitrogen and oxygen atoms in total. The first kappa shape index (κ1) is 9.02. The molecular weight excluding hydrogens is 194 g/mol. The van der Waals surface area contributed by atoms with Crippen LogP contribution in [0.25, 0.3) is 10.9 Å². The molecule has 0 saturated heterocycles. The molecule has 2 heterocycles. The summed E-state index contributed by atoms with van der Waals surface area (Å²) < 4.78 is 0.895. The number of rotatable bonds is 0. The topological polar surface area (TPSA) is 111 Å². The zero-order chi connectivity index (χ0) is 11.0. The van der Waals surface area contributed by atoms with Crippen LogP contribution >= 0.6 is 0 Å². The van der Waals surface area contributed by atoms with Gasteiger partial charge in [-0.25, -0.2) is 9.66 Å². The highest BCUT2D eigenvalue weighted by Gasteiger charge is 2.07. The fourth-order valence-electron chi connectivity index (χ4n) is 1.33. The van der Waals surface area contributed by atoms with Crippen LogP contribution in [0.15, 0.2) is 23.1 Å². The maximum Gasteiger partial charge on any atom is 0.287 e. The van der Waals surface area contributed by atoms with E-state index in [0.29, 0.717) is 10.9 Å². The quantitative estimate of drug-likeness (QED) is 0.561. The SMILES string of the molecule is N#Cc1cc2cnc(N)cc2n(N)c1=O. The lowest BCUT2D eigenvalue weighted by Gasteiger charge is -2.04. The molecule has 0 unspecified atom stereocenters. The largest absolute Gasteiger partial charge is 0.384 e. The predicted molar refractivity (Wildman–Crippen MR) is 55.3 cm³/mol. The second kappa shape index (κ2) is 2.99. The Kier molecular flexibility index (Phi) is 1.80. The summed E-state index contributed by atoms with van der Waals surface area (Å²) in [6.45, 7) is 0. The molecule has 0 spiro atoms. The Balaban J connectivity index is 2.99. The van der Waals surface area contributed by atoms with Crippen molar-refractivity contribution in [3.05, 3.63) is 34.2 Å². The van der Waals surface area contributed by atoms with Crippen molar-refractivity contribution < 1.29 is 0 Å². The third kappa shape index (κ3) is 1.26. The van der Waals surface area contributed by atoms with Crippen LogP contribution in [-0.4, -0.2) is 9.66 Å². The third-order valence-corrected chi connectivity index (χ3v) is 2.06. The Morgan fingerprint density at radius 2 is 2.20 bits per heavy atom. The van der Waals surface area contributed by atoms with Gasteiger partial charge in [0.15, 0.2) is 0 Å². The minimum Gasteiger partial charge on any atom is -0.384 e. The van der Waals surface area contributed by atoms with Gasteiger partial charge in [0, 0.05) is 17.6 Å². The van der Waals surface area contributed by atoms with E-state index in [9.17, 15) is 4.79 Å². The van der Waals surface area contributed by atoms with E-state index in [4.69, 9.17) is 16.8 Å². The summed E-state index contributed by atoms with van der Waals surface area (Å²) >= 11 is 0. The molecule has 0 fully saturated rings. The Morgan fingerprint density at radius 1 is 1.47 bits per heavy atom. The van der Waals surface area contributed by atoms with Crippen molar-refractivity contribution in [3.8, 4) is 6.07 Å². The average molecular weight is 201 g/mol. The molecular formula is C9H7N5O. The smallest absolute Gasteiger partial charge is 0.287 e. The van der Waals surface area contributed by atoms with E-state index in [1.54, 1.807) is 6.07 Å². The molecule has 2 aromatic heterocycles. The first-order valence-electron chi connectivity index (χ1n) is 4.10. The van der Waals surface area contributed by atoms with Gasteiger partial charge in [-0.1, -0.05) is 0 Å². The van der Waals surface area contributed by atoms with Crippen LogP contribution in [0.5, 0.6) is 0 Å². The van der Waals surface area contributed by atoms with Crippen molar-refractivity contribution >= 4 is 16.7 Å². The Hall–Kier alpha value is -2.55. The van der Waals surface area contributed by atoms with Crippen LogP contribution in [0.2, 0.25) is 0 Å². The molecule has 0 aliphatic carbocycles. The number of aromatic nitrogens is 2. The lowest BCUT2D eigenvalue weighted by molar-refractivity contribution is 0.979. The first-order valence-corrected chi connectivity index (χ1v) is 4.10. The third-order valence-electron chi connectivity index (χ3n) is 2.06. The summed E-state index contributed by atoms with van der Waals surface area (Å²) in [4.78, 5) is 15.3. The van der Waals surface area contributed by atoms with Gasteiger partial charge >= 0.3 is 0 Å². The first-order chi connectivity index (χ1) is 7.13. The number of hydrogen-bond acceptors (Lipinski definition) is 5. The number of anilines is 1. The number of nitrogens with zero attached hydrogens (tertiary/aromatic N) is 3. The Bertz CT molecular complexity index is 637. The Morgan fingerprint density at radius 3 is 2.87 bits per heavy atom. The van der Waals surface area contributed by atoms with Crippen molar-refractivity contribution in [2.24, 2.45) is 0 Å². The molecule has 4 N–H and O–H groups in total. The number of hydrogen-bond donors (Lipinski definition) is 2. The average Bonchev–Trinajstić information content (AvgIpc) is 2.24. The molecule has 2 rings (SSSR count). The lowest BCUT2D eigenvalue weighted by Crippen LogP contribution is -2.29. The van der Waals surface area contributed by atoms with E-state index in [-0.39, 0.29) is 11.4 Å². The normalized spacial score (nSPS) is 10.1. The lowest BCUT2D eigenvalue weighted by atomic mass is 10.2. The minimum atomic E-state index is -0.546. The summed E-state index contributed by atoms with van der Waals surface area (Å²) in [6.07, 6.45) is 1.47. The molecule has 74 valence electrons. The summed E-state index contributed by atoms with van der Waals surface area (Å²) in [5.74, 6) is 5.80. The molecule has 15 heavy (non-hydrogen) atoms. The molecule has 0 atom stereocenters. The van der Waals surface area contributed by atoms with Gasteiger partial charge in [-0.05, 0) is 6.07 Å². The second-order valence-corrected chi connectivity index (χ2v) is 3.01. The van der Waals surface area contributed by atoms with Gasteiger partial charge in [-0.2, -0.15) is 5.26 Å². The molecule has 0 saturated carbocycles. The fraction of sp³-hybridized carbons (Fsp3) is 0. The number of nitrogens with two attached hydrogens (primary N) is 2. The van der Waals surface area contributed by atoms with E-state index < -0.39 is 5.56 Å². The highest BCUT2D eigenvalue weighted by atomic mass is 16.1. The summed E-state index contributed by atoms with van der Waals surface area (Å²) in [7, 11) is 0. The fourth-order valence-corrected chi connectivity index (χ4v) is 1.33. The standard InChI is InChI=1S/C9H7N5O/c10-3-5-1-6-4-13-8(11)2-7(6)14(12)9(5)15/h1-2,4H,12H2,(H2,11,13). The van der Waals surface area contributed by atoms with Crippen LogP contribution in [0, 0.1) is 11.3 Å². The van der Waals surface area contributed by atoms with E-state index in [0.717, 1.165) is 4.68 Å². The van der Waals surface area contributed by atoms with Crippen molar-refractivity contribution in [3.63, 3.8) is 0 Å². The zero-order valence-corrected chi connectivity index (χ0v) is 7.64. The number of pyridine rings is 2. The number of fused-ring (bicyclic) bond motifs is 1. The molecule has 0 aliphatic heterocycles. The van der Waals surface area contributed by atoms with Crippen molar-refractivity contribution in [1.82, 2.24) is 9.66 Å². The van der Waals surface area contributed by atoms with Gasteiger partial charge in [0.25, 0.3) is 5.56 Å². The van der Waals surface area contributed by atoms with Crippen LogP contribution in [0.1, 0.15) is 5.56 Å². The molecule has 0 bridgehead atoms. The maximum atomic E-state index is 11.5. The van der Waals surface area contributed by atoms with Gasteiger partial charge in [0.05, 0.1) is 5.52 Å². The Labute approximate surface area is 84.3 Å². The van der Waals surface area contributed by atoms with Gasteiger partial charge < -0.3 is 11.6 Å². The summed E-state index contributed by atoms with van der Waals surface area (Å²) in [5.41, 5.74) is 5.35. The van der Waals surface area contributed by atoms with E-state index in [1.807, 2.05) is 0 Å². The molecule has 0 radical (unpaired) electrons. The van der Waals surface area contributed by atoms with Crippen LogP contribution in [0.3, 0.4) is 0 Å². The number of nitriles is 1. The number of nitrogen functional groups attached to an aromatic ring is 2. The predicted octanol–water partition coefficient (Wildman–Crippen LogP) is -0.436. The monoisotopic (exact) mass is 201 g/mol. The molecule has 6 heteroatoms. The van der Waals surface area contributed by atoms with E-state index in [2.05, 4.69) is 4.98 Å². The van der Waals surface area contributed by atoms with Crippen molar-refractivity contribution in [1.29, 1.82) is 5.26 Å². The highest BCUT2D eigenvalue weighted by molar-refractivity contribution is 5.81. The van der Waals surface area contributed by atoms with Gasteiger partial charge in [-0.15, -0.1) is 0 Å². The van der Waals surface area contributed by atoms with Crippen LogP contribution < -0.4 is 17.1 Å². The molecule has 0 amide bonds. The second-order valence-electron chi connectivity index (χ2n) is 3.01. The van der Waals surface area contributed by atoms with Crippen molar-refractivity contribution in [2.45, 2.75) is 0 Å². The molecule has 0 aromatic carbocycles. The molecule has 0 aliphatic rings. The summed E-state index contributed by atoms with van der Waals surface area (Å²) in [5, 5.41) is 9.29. The van der Waals surface area contributed by atoms with Crippen molar-refractivity contribution in [2.75, 3.05) is 11.6 Å². The van der Waals surface area contributed by atoms with Crippen LogP contribution in [-0.2, 0) is 0 Å². The van der Waals surface area contributed by atoms with Gasteiger partial charge in [-0.3, -0.25) is 4.79 Å². The van der Waals surface area contributed by atoms with E-state index in [1.165, 1.54) is 18.3 Å². The van der Waals surface area contributed by atoms with Gasteiger partial charge in [0.2, 0.25) is 0 Å². The minimum absolute atomic E-state index is 0.0171. The van der Waals surface area contributed by atoms with Crippen LogP contribution in [0.4, 0.5) is 5.82 Å². The zero-order valence-electron chi connectivity index (χ0n) is 7.64. The van der Waals surface area contributed by atoms with Gasteiger partial charge in [0.1, 0.15) is 17.5 Å². The van der Waals surface area contributed by atoms with E-state index >= 15 is 0 Å². The highest BCUT2D eigenvalue weighted by Crippen LogP contribution is 2.12. The molecule has 2 aromatic rings. The maximum absolute atomic E-state index is 11.5. The summed E-state index contributed by atoms with van der Waals surface area (Å²) in [6, 6.07) is 4.69.